The lowest BCUT2D eigenvalue weighted by molar-refractivity contribution is -0.765. The molecule has 1 aromatic heterocycles. The molecule has 2 rings (SSSR count). The SMILES string of the molecule is CC(=O)c1ccc[n+]([C@@H]2O[C@H](CO)[C@@H](O)[C@H]2O)c1. The van der Waals surface area contributed by atoms with Crippen LogP contribution in [-0.4, -0.2) is 46.0 Å². The van der Waals surface area contributed by atoms with Crippen LogP contribution < -0.4 is 4.57 Å². The number of pyridine rings is 1. The number of nitrogens with zero attached hydrogens (tertiary/aromatic N) is 1. The first-order chi connectivity index (χ1) is 8.54. The quantitative estimate of drug-likeness (QED) is 0.465. The lowest BCUT2D eigenvalue weighted by Crippen LogP contribution is -2.46. The highest BCUT2D eigenvalue weighted by Gasteiger charge is 2.47. The minimum absolute atomic E-state index is 0.101. The molecule has 6 heteroatoms. The zero-order valence-electron chi connectivity index (χ0n) is 9.93. The van der Waals surface area contributed by atoms with Crippen molar-refractivity contribution in [3.8, 4) is 0 Å². The highest BCUT2D eigenvalue weighted by Crippen LogP contribution is 2.25. The molecule has 0 unspecified atom stereocenters. The number of aromatic nitrogens is 1. The second-order valence-electron chi connectivity index (χ2n) is 4.32. The summed E-state index contributed by atoms with van der Waals surface area (Å²) in [5.41, 5.74) is 0.482. The zero-order chi connectivity index (χ0) is 13.3. The molecule has 0 spiro atoms. The van der Waals surface area contributed by atoms with Crippen LogP contribution in [0.4, 0.5) is 0 Å². The summed E-state index contributed by atoms with van der Waals surface area (Å²) in [6, 6.07) is 3.31. The van der Waals surface area contributed by atoms with Crippen molar-refractivity contribution in [2.75, 3.05) is 6.61 Å². The molecule has 98 valence electrons. The van der Waals surface area contributed by atoms with Crippen LogP contribution in [0, 0.1) is 0 Å². The predicted molar refractivity (Wildman–Crippen MR) is 59.7 cm³/mol. The number of carbonyl (C=O) groups is 1. The number of aliphatic hydroxyl groups excluding tert-OH is 3. The summed E-state index contributed by atoms with van der Waals surface area (Å²) >= 11 is 0. The van der Waals surface area contributed by atoms with Gasteiger partial charge in [0.1, 0.15) is 12.2 Å². The molecule has 0 saturated carbocycles. The zero-order valence-corrected chi connectivity index (χ0v) is 9.93. The van der Waals surface area contributed by atoms with Crippen LogP contribution in [0.2, 0.25) is 0 Å². The predicted octanol–water partition coefficient (Wildman–Crippen LogP) is -1.21. The minimum Gasteiger partial charge on any atom is -0.394 e. The van der Waals surface area contributed by atoms with E-state index >= 15 is 0 Å². The van der Waals surface area contributed by atoms with Crippen molar-refractivity contribution >= 4 is 5.78 Å². The lowest BCUT2D eigenvalue weighted by atomic mass is 10.1. The largest absolute Gasteiger partial charge is 0.394 e. The van der Waals surface area contributed by atoms with Crippen LogP contribution >= 0.6 is 0 Å². The molecule has 1 saturated heterocycles. The summed E-state index contributed by atoms with van der Waals surface area (Å²) in [6.45, 7) is 1.07. The monoisotopic (exact) mass is 254 g/mol. The fraction of sp³-hybridized carbons (Fsp3) is 0.500. The van der Waals surface area contributed by atoms with Crippen LogP contribution in [0.25, 0.3) is 0 Å². The van der Waals surface area contributed by atoms with E-state index in [9.17, 15) is 15.0 Å². The van der Waals surface area contributed by atoms with Crippen LogP contribution in [0.3, 0.4) is 0 Å². The van der Waals surface area contributed by atoms with Gasteiger partial charge in [-0.3, -0.25) is 4.79 Å². The van der Waals surface area contributed by atoms with Gasteiger partial charge in [0.05, 0.1) is 12.2 Å². The molecule has 6 nitrogen and oxygen atoms in total. The van der Waals surface area contributed by atoms with Gasteiger partial charge in [0.25, 0.3) is 6.23 Å². The summed E-state index contributed by atoms with van der Waals surface area (Å²) in [5.74, 6) is -0.101. The Labute approximate surface area is 104 Å². The summed E-state index contributed by atoms with van der Waals surface area (Å²) in [4.78, 5) is 11.3. The maximum Gasteiger partial charge on any atom is 0.292 e. The van der Waals surface area contributed by atoms with E-state index in [1.54, 1.807) is 24.5 Å². The molecule has 0 amide bonds. The number of hydrogen-bond donors (Lipinski definition) is 3. The Bertz CT molecular complexity index is 450. The van der Waals surface area contributed by atoms with Crippen molar-refractivity contribution in [2.45, 2.75) is 31.5 Å². The topological polar surface area (TPSA) is 90.9 Å². The number of carbonyl (C=O) groups excluding carboxylic acids is 1. The average molecular weight is 254 g/mol. The van der Waals surface area contributed by atoms with E-state index in [0.717, 1.165) is 0 Å². The van der Waals surface area contributed by atoms with E-state index in [-0.39, 0.29) is 12.4 Å². The number of ether oxygens (including phenoxy) is 1. The first-order valence-corrected chi connectivity index (χ1v) is 5.69. The van der Waals surface area contributed by atoms with Gasteiger partial charge in [-0.2, -0.15) is 4.57 Å². The average Bonchev–Trinajstić information content (AvgIpc) is 2.66. The minimum atomic E-state index is -1.14. The smallest absolute Gasteiger partial charge is 0.292 e. The van der Waals surface area contributed by atoms with Crippen LogP contribution in [0.1, 0.15) is 23.5 Å². The van der Waals surface area contributed by atoms with Gasteiger partial charge in [0, 0.05) is 6.07 Å². The van der Waals surface area contributed by atoms with Crippen LogP contribution in [0.15, 0.2) is 24.5 Å². The lowest BCUT2D eigenvalue weighted by Gasteiger charge is -2.09. The summed E-state index contributed by atoms with van der Waals surface area (Å²) in [7, 11) is 0. The number of rotatable bonds is 3. The molecule has 3 N–H and O–H groups in total. The molecule has 0 bridgehead atoms. The van der Waals surface area contributed by atoms with Gasteiger partial charge in [0.2, 0.25) is 0 Å². The Kier molecular flexibility index (Phi) is 3.72. The molecule has 2 heterocycles. The van der Waals surface area contributed by atoms with Gasteiger partial charge in [-0.15, -0.1) is 0 Å². The van der Waals surface area contributed by atoms with Gasteiger partial charge in [-0.05, 0) is 13.0 Å². The van der Waals surface area contributed by atoms with Gasteiger partial charge in [0.15, 0.2) is 24.3 Å². The van der Waals surface area contributed by atoms with Gasteiger partial charge >= 0.3 is 0 Å². The fourth-order valence-electron chi connectivity index (χ4n) is 1.99. The Morgan fingerprint density at radius 1 is 1.44 bits per heavy atom. The normalized spacial score (nSPS) is 31.6. The van der Waals surface area contributed by atoms with Crippen molar-refractivity contribution in [1.82, 2.24) is 0 Å². The Morgan fingerprint density at radius 2 is 2.17 bits per heavy atom. The van der Waals surface area contributed by atoms with Crippen molar-refractivity contribution in [3.05, 3.63) is 30.1 Å². The molecule has 1 aliphatic heterocycles. The molecule has 1 aromatic rings. The highest BCUT2D eigenvalue weighted by atomic mass is 16.6. The van der Waals surface area contributed by atoms with Crippen LogP contribution in [0.5, 0.6) is 0 Å². The molecule has 18 heavy (non-hydrogen) atoms. The van der Waals surface area contributed by atoms with E-state index in [1.807, 2.05) is 0 Å². The number of ketones is 1. The van der Waals surface area contributed by atoms with E-state index in [1.165, 1.54) is 11.5 Å². The number of Topliss-reactive ketones (excluding diaryl/α,β-unsaturated/α-hetero) is 1. The summed E-state index contributed by atoms with van der Waals surface area (Å²) < 4.78 is 6.87. The van der Waals surface area contributed by atoms with E-state index in [4.69, 9.17) is 9.84 Å². The first-order valence-electron chi connectivity index (χ1n) is 5.69. The van der Waals surface area contributed by atoms with E-state index in [0.29, 0.717) is 5.56 Å². The standard InChI is InChI=1S/C12H16NO5/c1-7(15)8-3-2-4-13(5-8)12-11(17)10(16)9(6-14)18-12/h2-5,9-12,14,16-17H,6H2,1H3/q+1/t9-,10-,11-,12-/m1/s1. The molecular formula is C12H16NO5+. The second kappa shape index (κ2) is 5.11. The second-order valence-corrected chi connectivity index (χ2v) is 4.32. The van der Waals surface area contributed by atoms with Crippen LogP contribution in [-0.2, 0) is 4.74 Å². The van der Waals surface area contributed by atoms with Gasteiger partial charge in [-0.25, -0.2) is 0 Å². The molecule has 0 aromatic carbocycles. The van der Waals surface area contributed by atoms with Crippen molar-refractivity contribution in [2.24, 2.45) is 0 Å². The molecule has 1 fully saturated rings. The molecule has 4 atom stereocenters. The Hall–Kier alpha value is -1.34. The third kappa shape index (κ3) is 2.28. The van der Waals surface area contributed by atoms with E-state index in [2.05, 4.69) is 0 Å². The maximum atomic E-state index is 11.3. The van der Waals surface area contributed by atoms with Crippen molar-refractivity contribution in [3.63, 3.8) is 0 Å². The molecule has 0 aliphatic carbocycles. The number of aliphatic hydroxyl groups is 3. The Morgan fingerprint density at radius 3 is 2.72 bits per heavy atom. The van der Waals surface area contributed by atoms with E-state index < -0.39 is 24.5 Å². The highest BCUT2D eigenvalue weighted by molar-refractivity contribution is 5.93. The van der Waals surface area contributed by atoms with Crippen molar-refractivity contribution in [1.29, 1.82) is 0 Å². The molecular weight excluding hydrogens is 238 g/mol. The fourth-order valence-corrected chi connectivity index (χ4v) is 1.99. The first kappa shape index (κ1) is 13.1. The third-order valence-corrected chi connectivity index (χ3v) is 3.04. The van der Waals surface area contributed by atoms with Gasteiger partial charge < -0.3 is 20.1 Å². The summed E-state index contributed by atoms with van der Waals surface area (Å²) in [5, 5.41) is 28.5. The maximum absolute atomic E-state index is 11.3. The van der Waals surface area contributed by atoms with Crippen molar-refractivity contribution < 1.29 is 29.4 Å². The van der Waals surface area contributed by atoms with Gasteiger partial charge in [-0.1, -0.05) is 0 Å². The molecule has 0 radical (unpaired) electrons. The molecule has 1 aliphatic rings. The third-order valence-electron chi connectivity index (χ3n) is 3.04. The Balaban J connectivity index is 2.27. The number of hydrogen-bond acceptors (Lipinski definition) is 5. The summed E-state index contributed by atoms with van der Waals surface area (Å²) in [6.07, 6.45) is -0.743.